The van der Waals surface area contributed by atoms with Crippen LogP contribution in [0.5, 0.6) is 0 Å². The van der Waals surface area contributed by atoms with Crippen molar-refractivity contribution in [3.8, 4) is 10.6 Å². The molecule has 0 saturated carbocycles. The van der Waals surface area contributed by atoms with Crippen LogP contribution in [0.1, 0.15) is 19.7 Å². The van der Waals surface area contributed by atoms with Crippen molar-refractivity contribution in [1.29, 1.82) is 0 Å². The molecule has 2 heterocycles. The van der Waals surface area contributed by atoms with Gasteiger partial charge in [-0.25, -0.2) is 4.39 Å². The number of halogens is 2. The average molecular weight is 355 g/mol. The Hall–Kier alpha value is -1.34. The van der Waals surface area contributed by atoms with Gasteiger partial charge in [0.15, 0.2) is 5.82 Å². The number of hydrogen-bond acceptors (Lipinski definition) is 4. The lowest BCUT2D eigenvalue weighted by Gasteiger charge is -2.00. The van der Waals surface area contributed by atoms with Crippen molar-refractivity contribution >= 4 is 32.2 Å². The molecule has 0 saturated heterocycles. The van der Waals surface area contributed by atoms with Gasteiger partial charge in [-0.2, -0.15) is 9.61 Å². The van der Waals surface area contributed by atoms with Gasteiger partial charge in [0.05, 0.1) is 4.47 Å². The molecule has 4 nitrogen and oxygen atoms in total. The zero-order valence-corrected chi connectivity index (χ0v) is 13.4. The summed E-state index contributed by atoms with van der Waals surface area (Å²) in [5, 5.41) is 13.6. The second-order valence-corrected chi connectivity index (χ2v) is 6.75. The number of rotatable bonds is 3. The molecule has 3 aromatic rings. The first-order chi connectivity index (χ1) is 9.54. The number of nitrogens with zero attached hydrogens (tertiary/aromatic N) is 4. The normalized spacial score (nSPS) is 11.7. The standard InChI is InChI=1S/C13H12BrFN4S/c1-7(2)5-11-16-17-13-19(11)18-12(20-13)8-3-4-10(15)9(14)6-8/h3-4,6-7H,5H2,1-2H3. The Kier molecular flexibility index (Phi) is 3.55. The molecule has 0 aliphatic rings. The van der Waals surface area contributed by atoms with E-state index in [-0.39, 0.29) is 5.82 Å². The maximum absolute atomic E-state index is 13.3. The van der Waals surface area contributed by atoms with Gasteiger partial charge in [-0.15, -0.1) is 10.2 Å². The van der Waals surface area contributed by atoms with Crippen LogP contribution >= 0.6 is 27.3 Å². The maximum Gasteiger partial charge on any atom is 0.234 e. The number of hydrogen-bond donors (Lipinski definition) is 0. The molecule has 0 amide bonds. The minimum Gasteiger partial charge on any atom is -0.206 e. The molecule has 3 rings (SSSR count). The van der Waals surface area contributed by atoms with Gasteiger partial charge < -0.3 is 0 Å². The van der Waals surface area contributed by atoms with Gasteiger partial charge in [-0.1, -0.05) is 25.2 Å². The summed E-state index contributed by atoms with van der Waals surface area (Å²) >= 11 is 4.64. The minimum absolute atomic E-state index is 0.280. The first-order valence-electron chi connectivity index (χ1n) is 6.21. The zero-order valence-electron chi connectivity index (χ0n) is 11.0. The summed E-state index contributed by atoms with van der Waals surface area (Å²) in [5.41, 5.74) is 0.865. The summed E-state index contributed by atoms with van der Waals surface area (Å²) in [5.74, 6) is 1.07. The van der Waals surface area contributed by atoms with Crippen molar-refractivity contribution in [3.63, 3.8) is 0 Å². The Labute approximate surface area is 127 Å². The van der Waals surface area contributed by atoms with Crippen LogP contribution in [0.2, 0.25) is 0 Å². The largest absolute Gasteiger partial charge is 0.234 e. The van der Waals surface area contributed by atoms with Crippen molar-refractivity contribution < 1.29 is 4.39 Å². The van der Waals surface area contributed by atoms with Gasteiger partial charge in [0.25, 0.3) is 0 Å². The van der Waals surface area contributed by atoms with Crippen LogP contribution in [0.4, 0.5) is 4.39 Å². The van der Waals surface area contributed by atoms with E-state index >= 15 is 0 Å². The van der Waals surface area contributed by atoms with Crippen LogP contribution in [0.3, 0.4) is 0 Å². The molecular weight excluding hydrogens is 343 g/mol. The fourth-order valence-electron chi connectivity index (χ4n) is 1.90. The highest BCUT2D eigenvalue weighted by atomic mass is 79.9. The summed E-state index contributed by atoms with van der Waals surface area (Å²) in [6.07, 6.45) is 0.831. The van der Waals surface area contributed by atoms with E-state index in [1.165, 1.54) is 17.4 Å². The van der Waals surface area contributed by atoms with E-state index < -0.39 is 0 Å². The Morgan fingerprint density at radius 3 is 2.85 bits per heavy atom. The smallest absolute Gasteiger partial charge is 0.206 e. The van der Waals surface area contributed by atoms with E-state index in [1.54, 1.807) is 16.6 Å². The van der Waals surface area contributed by atoms with E-state index in [1.807, 2.05) is 0 Å². The maximum atomic E-state index is 13.3. The van der Waals surface area contributed by atoms with Gasteiger partial charge in [0, 0.05) is 12.0 Å². The molecule has 0 atom stereocenters. The molecule has 2 aromatic heterocycles. The van der Waals surface area contributed by atoms with Crippen LogP contribution in [-0.4, -0.2) is 19.8 Å². The molecule has 0 N–H and O–H groups in total. The summed E-state index contributed by atoms with van der Waals surface area (Å²) in [6, 6.07) is 4.87. The molecule has 7 heteroatoms. The third kappa shape index (κ3) is 2.47. The van der Waals surface area contributed by atoms with Crippen molar-refractivity contribution in [2.24, 2.45) is 5.92 Å². The lowest BCUT2D eigenvalue weighted by molar-refractivity contribution is 0.607. The first-order valence-corrected chi connectivity index (χ1v) is 7.82. The molecule has 0 aliphatic carbocycles. The molecule has 1 aromatic carbocycles. The Morgan fingerprint density at radius 1 is 1.35 bits per heavy atom. The monoisotopic (exact) mass is 354 g/mol. The fraction of sp³-hybridized carbons (Fsp3) is 0.308. The van der Waals surface area contributed by atoms with E-state index in [2.05, 4.69) is 45.1 Å². The van der Waals surface area contributed by atoms with Gasteiger partial charge in [0.1, 0.15) is 10.8 Å². The van der Waals surface area contributed by atoms with Crippen molar-refractivity contribution in [3.05, 3.63) is 34.3 Å². The molecule has 104 valence electrons. The van der Waals surface area contributed by atoms with Crippen LogP contribution in [-0.2, 0) is 6.42 Å². The summed E-state index contributed by atoms with van der Waals surface area (Å²) in [7, 11) is 0. The Bertz CT molecular complexity index is 765. The topological polar surface area (TPSA) is 43.1 Å². The lowest BCUT2D eigenvalue weighted by atomic mass is 10.1. The predicted octanol–water partition coefficient (Wildman–Crippen LogP) is 3.95. The average Bonchev–Trinajstić information content (AvgIpc) is 2.94. The number of benzene rings is 1. The van der Waals surface area contributed by atoms with Gasteiger partial charge in [-0.05, 0) is 40.0 Å². The second-order valence-electron chi connectivity index (χ2n) is 4.94. The second kappa shape index (κ2) is 5.21. The van der Waals surface area contributed by atoms with Gasteiger partial charge >= 0.3 is 0 Å². The molecular formula is C13H12BrFN4S. The van der Waals surface area contributed by atoms with Gasteiger partial charge in [-0.3, -0.25) is 0 Å². The van der Waals surface area contributed by atoms with E-state index in [0.717, 1.165) is 27.8 Å². The minimum atomic E-state index is -0.280. The van der Waals surface area contributed by atoms with Crippen LogP contribution in [0, 0.1) is 11.7 Å². The fourth-order valence-corrected chi connectivity index (χ4v) is 3.13. The molecule has 0 spiro atoms. The molecule has 0 radical (unpaired) electrons. The molecule has 0 fully saturated rings. The van der Waals surface area contributed by atoms with Crippen molar-refractivity contribution in [2.45, 2.75) is 20.3 Å². The third-order valence-corrected chi connectivity index (χ3v) is 4.37. The quantitative estimate of drug-likeness (QED) is 0.715. The summed E-state index contributed by atoms with van der Waals surface area (Å²) in [4.78, 5) is 0.760. The summed E-state index contributed by atoms with van der Waals surface area (Å²) in [6.45, 7) is 4.26. The predicted molar refractivity (Wildman–Crippen MR) is 80.3 cm³/mol. The van der Waals surface area contributed by atoms with Crippen LogP contribution in [0.25, 0.3) is 15.5 Å². The van der Waals surface area contributed by atoms with E-state index in [9.17, 15) is 4.39 Å². The van der Waals surface area contributed by atoms with Gasteiger partial charge in [0.2, 0.25) is 4.96 Å². The van der Waals surface area contributed by atoms with Crippen LogP contribution in [0.15, 0.2) is 22.7 Å². The Balaban J connectivity index is 2.04. The zero-order chi connectivity index (χ0) is 14.3. The highest BCUT2D eigenvalue weighted by Gasteiger charge is 2.14. The molecule has 0 aliphatic heterocycles. The number of aromatic nitrogens is 4. The molecule has 0 bridgehead atoms. The van der Waals surface area contributed by atoms with E-state index in [4.69, 9.17) is 0 Å². The highest BCUT2D eigenvalue weighted by Crippen LogP contribution is 2.29. The third-order valence-electron chi connectivity index (χ3n) is 2.81. The molecule has 20 heavy (non-hydrogen) atoms. The SMILES string of the molecule is CC(C)Cc1nnc2sc(-c3ccc(F)c(Br)c3)nn12. The lowest BCUT2D eigenvalue weighted by Crippen LogP contribution is -2.01. The van der Waals surface area contributed by atoms with E-state index in [0.29, 0.717) is 10.4 Å². The summed E-state index contributed by atoms with van der Waals surface area (Å²) < 4.78 is 15.5. The highest BCUT2D eigenvalue weighted by molar-refractivity contribution is 9.10. The van der Waals surface area contributed by atoms with Crippen molar-refractivity contribution in [1.82, 2.24) is 19.8 Å². The van der Waals surface area contributed by atoms with Crippen LogP contribution < -0.4 is 0 Å². The first kappa shape index (κ1) is 13.6. The molecule has 0 unspecified atom stereocenters. The van der Waals surface area contributed by atoms with Crippen molar-refractivity contribution in [2.75, 3.05) is 0 Å². The number of fused-ring (bicyclic) bond motifs is 1. The Morgan fingerprint density at radius 2 is 2.15 bits per heavy atom.